The Labute approximate surface area is 129 Å². The van der Waals surface area contributed by atoms with E-state index in [1.807, 2.05) is 6.92 Å². The van der Waals surface area contributed by atoms with Crippen LogP contribution >= 0.6 is 22.9 Å². The van der Waals surface area contributed by atoms with Gasteiger partial charge in [-0.2, -0.15) is 0 Å². The highest BCUT2D eigenvalue weighted by molar-refractivity contribution is 7.17. The molecule has 0 fully saturated rings. The topological polar surface area (TPSA) is 45.8 Å². The lowest BCUT2D eigenvalue weighted by Crippen LogP contribution is -2.12. The monoisotopic (exact) mass is 322 g/mol. The van der Waals surface area contributed by atoms with Crippen molar-refractivity contribution in [2.75, 3.05) is 0 Å². The van der Waals surface area contributed by atoms with Crippen LogP contribution in [0, 0.1) is 5.82 Å². The molecule has 0 radical (unpaired) electrons. The van der Waals surface area contributed by atoms with E-state index in [1.165, 1.54) is 17.4 Å². The summed E-state index contributed by atoms with van der Waals surface area (Å²) < 4.78 is 13.9. The summed E-state index contributed by atoms with van der Waals surface area (Å²) in [4.78, 5) is 20.0. The fourth-order valence-electron chi connectivity index (χ4n) is 2.19. The Morgan fingerprint density at radius 1 is 1.38 bits per heavy atom. The van der Waals surface area contributed by atoms with E-state index in [2.05, 4.69) is 9.97 Å². The Morgan fingerprint density at radius 3 is 2.86 bits per heavy atom. The van der Waals surface area contributed by atoms with Crippen molar-refractivity contribution in [2.45, 2.75) is 18.7 Å². The molecule has 0 aliphatic carbocycles. The van der Waals surface area contributed by atoms with E-state index in [1.54, 1.807) is 23.6 Å². The Kier molecular flexibility index (Phi) is 3.78. The van der Waals surface area contributed by atoms with Gasteiger partial charge in [-0.15, -0.1) is 22.9 Å². The second kappa shape index (κ2) is 5.58. The summed E-state index contributed by atoms with van der Waals surface area (Å²) in [6.07, 6.45) is 0.668. The largest absolute Gasteiger partial charge is 0.309 e. The minimum absolute atomic E-state index is 0.284. The lowest BCUT2D eigenvalue weighted by Gasteiger charge is -2.06. The van der Waals surface area contributed by atoms with Gasteiger partial charge in [-0.05, 0) is 12.5 Å². The van der Waals surface area contributed by atoms with Crippen molar-refractivity contribution in [2.24, 2.45) is 0 Å². The fourth-order valence-corrected chi connectivity index (χ4v) is 3.23. The number of aromatic nitrogens is 2. The van der Waals surface area contributed by atoms with Gasteiger partial charge >= 0.3 is 0 Å². The molecule has 2 heterocycles. The van der Waals surface area contributed by atoms with Gasteiger partial charge in [0, 0.05) is 16.5 Å². The average molecular weight is 323 g/mol. The third-order valence-electron chi connectivity index (χ3n) is 3.28. The Balaban J connectivity index is 2.25. The first-order valence-electron chi connectivity index (χ1n) is 6.52. The number of nitrogens with zero attached hydrogens (tertiary/aromatic N) is 1. The number of benzene rings is 1. The molecular formula is C15H12ClFN2OS. The molecule has 1 N–H and O–H groups in total. The Bertz CT molecular complexity index is 858. The molecule has 0 saturated heterocycles. The van der Waals surface area contributed by atoms with Gasteiger partial charge in [0.1, 0.15) is 16.5 Å². The van der Waals surface area contributed by atoms with Crippen molar-refractivity contribution in [3.8, 4) is 11.1 Å². The lowest BCUT2D eigenvalue weighted by molar-refractivity contribution is 0.631. The lowest BCUT2D eigenvalue weighted by atomic mass is 10.1. The predicted molar refractivity (Wildman–Crippen MR) is 84.5 cm³/mol. The van der Waals surface area contributed by atoms with Crippen LogP contribution in [0.2, 0.25) is 0 Å². The van der Waals surface area contributed by atoms with E-state index in [0.29, 0.717) is 33.6 Å². The molecule has 0 spiro atoms. The van der Waals surface area contributed by atoms with Crippen molar-refractivity contribution in [3.05, 3.63) is 51.6 Å². The van der Waals surface area contributed by atoms with Crippen LogP contribution in [0.1, 0.15) is 24.5 Å². The summed E-state index contributed by atoms with van der Waals surface area (Å²) in [5.41, 5.74) is 0.686. The number of nitrogens with one attached hydrogen (secondary N) is 1. The van der Waals surface area contributed by atoms with Gasteiger partial charge in [0.05, 0.1) is 10.8 Å². The van der Waals surface area contributed by atoms with E-state index in [4.69, 9.17) is 11.6 Å². The molecule has 0 saturated carbocycles. The van der Waals surface area contributed by atoms with Crippen molar-refractivity contribution < 1.29 is 4.39 Å². The maximum absolute atomic E-state index is 13.9. The molecular weight excluding hydrogens is 311 g/mol. The van der Waals surface area contributed by atoms with Crippen LogP contribution in [0.5, 0.6) is 0 Å². The van der Waals surface area contributed by atoms with Gasteiger partial charge in [0.2, 0.25) is 0 Å². The van der Waals surface area contributed by atoms with Gasteiger partial charge in [-0.25, -0.2) is 9.37 Å². The summed E-state index contributed by atoms with van der Waals surface area (Å²) in [7, 11) is 0. The molecule has 108 valence electrons. The number of hydrogen-bond donors (Lipinski definition) is 1. The van der Waals surface area contributed by atoms with Crippen molar-refractivity contribution in [3.63, 3.8) is 0 Å². The number of thiophene rings is 1. The normalized spacial score (nSPS) is 12.7. The minimum atomic E-state index is -0.357. The van der Waals surface area contributed by atoms with Crippen LogP contribution in [-0.2, 0) is 0 Å². The highest BCUT2D eigenvalue weighted by Crippen LogP contribution is 2.33. The van der Waals surface area contributed by atoms with Gasteiger partial charge in [-0.3, -0.25) is 4.79 Å². The maximum atomic E-state index is 13.9. The van der Waals surface area contributed by atoms with Crippen LogP contribution in [0.15, 0.2) is 34.4 Å². The first-order chi connectivity index (χ1) is 10.1. The molecule has 3 aromatic rings. The zero-order chi connectivity index (χ0) is 15.0. The molecule has 21 heavy (non-hydrogen) atoms. The number of alkyl halides is 1. The summed E-state index contributed by atoms with van der Waals surface area (Å²) in [5, 5.41) is 1.83. The standard InChI is InChI=1S/C15H12ClFN2OS/c1-2-10(16)13-18-14(20)12-9(7-21-15(12)19-13)8-5-3-4-6-11(8)17/h3-7,10H,2H2,1H3,(H,18,19,20). The number of H-pyrrole nitrogens is 1. The summed E-state index contributed by atoms with van der Waals surface area (Å²) in [6.45, 7) is 1.92. The molecule has 2 aromatic heterocycles. The minimum Gasteiger partial charge on any atom is -0.309 e. The van der Waals surface area contributed by atoms with E-state index in [0.717, 1.165) is 0 Å². The summed E-state index contributed by atoms with van der Waals surface area (Å²) in [6, 6.07) is 6.39. The van der Waals surface area contributed by atoms with Crippen LogP contribution in [-0.4, -0.2) is 9.97 Å². The Morgan fingerprint density at radius 2 is 2.14 bits per heavy atom. The van der Waals surface area contributed by atoms with Crippen LogP contribution in [0.3, 0.4) is 0 Å². The van der Waals surface area contributed by atoms with Crippen LogP contribution < -0.4 is 5.56 Å². The molecule has 0 bridgehead atoms. The Hall–Kier alpha value is -1.72. The molecule has 0 amide bonds. The number of hydrogen-bond acceptors (Lipinski definition) is 3. The molecule has 0 aliphatic heterocycles. The van der Waals surface area contributed by atoms with E-state index in [9.17, 15) is 9.18 Å². The zero-order valence-electron chi connectivity index (χ0n) is 11.2. The SMILES string of the molecule is CCC(Cl)c1nc2scc(-c3ccccc3F)c2c(=O)[nH]1. The second-order valence-corrected chi connectivity index (χ2v) is 6.02. The zero-order valence-corrected chi connectivity index (χ0v) is 12.8. The highest BCUT2D eigenvalue weighted by Gasteiger charge is 2.17. The number of halogens is 2. The van der Waals surface area contributed by atoms with E-state index < -0.39 is 0 Å². The van der Waals surface area contributed by atoms with Gasteiger partial charge in [0.25, 0.3) is 5.56 Å². The second-order valence-electron chi connectivity index (χ2n) is 4.64. The predicted octanol–water partition coefficient (Wildman–Crippen LogP) is 4.48. The van der Waals surface area contributed by atoms with E-state index in [-0.39, 0.29) is 16.8 Å². The first kappa shape index (κ1) is 14.2. The quantitative estimate of drug-likeness (QED) is 0.723. The van der Waals surface area contributed by atoms with Crippen molar-refractivity contribution in [1.82, 2.24) is 9.97 Å². The van der Waals surface area contributed by atoms with Crippen LogP contribution in [0.4, 0.5) is 4.39 Å². The van der Waals surface area contributed by atoms with Gasteiger partial charge in [0.15, 0.2) is 0 Å². The van der Waals surface area contributed by atoms with Gasteiger partial charge in [-0.1, -0.05) is 25.1 Å². The molecule has 1 unspecified atom stereocenters. The summed E-state index contributed by atoms with van der Waals surface area (Å²) in [5.74, 6) is 0.100. The van der Waals surface area contributed by atoms with Gasteiger partial charge < -0.3 is 4.98 Å². The number of rotatable bonds is 3. The van der Waals surface area contributed by atoms with Crippen molar-refractivity contribution >= 4 is 33.2 Å². The molecule has 3 rings (SSSR count). The van der Waals surface area contributed by atoms with E-state index >= 15 is 0 Å². The number of fused-ring (bicyclic) bond motifs is 1. The smallest absolute Gasteiger partial charge is 0.260 e. The average Bonchev–Trinajstić information content (AvgIpc) is 2.91. The molecule has 1 aromatic carbocycles. The van der Waals surface area contributed by atoms with Crippen LogP contribution in [0.25, 0.3) is 21.3 Å². The molecule has 3 nitrogen and oxygen atoms in total. The fraction of sp³-hybridized carbons (Fsp3) is 0.200. The third kappa shape index (κ3) is 2.47. The molecule has 6 heteroatoms. The molecule has 1 atom stereocenters. The highest BCUT2D eigenvalue weighted by atomic mass is 35.5. The van der Waals surface area contributed by atoms with Crippen molar-refractivity contribution in [1.29, 1.82) is 0 Å². The maximum Gasteiger partial charge on any atom is 0.260 e. The number of aromatic amines is 1. The first-order valence-corrected chi connectivity index (χ1v) is 7.83. The summed E-state index contributed by atoms with van der Waals surface area (Å²) >= 11 is 7.44. The molecule has 0 aliphatic rings. The third-order valence-corrected chi connectivity index (χ3v) is 4.67.